The second-order valence-corrected chi connectivity index (χ2v) is 9.46. The van der Waals surface area contributed by atoms with Crippen molar-refractivity contribution in [1.82, 2.24) is 15.3 Å². The van der Waals surface area contributed by atoms with Crippen LogP contribution in [0.25, 0.3) is 0 Å². The molecule has 5 aliphatic carbocycles. The van der Waals surface area contributed by atoms with Crippen molar-refractivity contribution in [2.24, 2.45) is 17.8 Å². The van der Waals surface area contributed by atoms with E-state index in [1.54, 1.807) is 6.20 Å². The van der Waals surface area contributed by atoms with Gasteiger partial charge in [0.25, 0.3) is 5.91 Å². The number of nitrogens with one attached hydrogen (secondary N) is 2. The molecule has 5 atom stereocenters. The third kappa shape index (κ3) is 3.18. The second-order valence-electron chi connectivity index (χ2n) is 9.46. The van der Waals surface area contributed by atoms with Gasteiger partial charge in [-0.25, -0.2) is 9.97 Å². The molecule has 6 rings (SSSR count). The lowest BCUT2D eigenvalue weighted by atomic mass is 9.52. The van der Waals surface area contributed by atoms with Crippen LogP contribution < -0.4 is 10.6 Å². The van der Waals surface area contributed by atoms with E-state index in [2.05, 4.69) is 20.6 Å². The lowest BCUT2D eigenvalue weighted by Gasteiger charge is -2.58. The molecule has 5 saturated carbocycles. The van der Waals surface area contributed by atoms with Gasteiger partial charge in [0.2, 0.25) is 5.95 Å². The molecule has 1 aromatic heterocycles. The van der Waals surface area contributed by atoms with Crippen molar-refractivity contribution in [3.8, 4) is 0 Å². The molecule has 7 heteroatoms. The highest BCUT2D eigenvalue weighted by Gasteiger charge is 2.55. The summed E-state index contributed by atoms with van der Waals surface area (Å²) < 4.78 is 0. The average Bonchev–Trinajstić information content (AvgIpc) is 2.60. The predicted octanol–water partition coefficient (Wildman–Crippen LogP) is 1.82. The summed E-state index contributed by atoms with van der Waals surface area (Å²) in [6.45, 7) is 0.410. The molecule has 4 N–H and O–H groups in total. The van der Waals surface area contributed by atoms with Gasteiger partial charge in [-0.05, 0) is 62.7 Å². The molecule has 152 valence electrons. The minimum Gasteiger partial charge on any atom is -0.395 e. The minimum absolute atomic E-state index is 0.0160. The molecule has 0 aliphatic heterocycles. The first-order valence-corrected chi connectivity index (χ1v) is 10.8. The highest BCUT2D eigenvalue weighted by molar-refractivity contribution is 5.95. The van der Waals surface area contributed by atoms with Crippen LogP contribution in [-0.2, 0) is 0 Å². The molecular formula is C21H30N4O3. The molecule has 0 aromatic carbocycles. The lowest BCUT2D eigenvalue weighted by Crippen LogP contribution is -2.61. The maximum absolute atomic E-state index is 13.2. The summed E-state index contributed by atoms with van der Waals surface area (Å²) >= 11 is 0. The van der Waals surface area contributed by atoms with Gasteiger partial charge in [0.15, 0.2) is 0 Å². The topological polar surface area (TPSA) is 107 Å². The highest BCUT2D eigenvalue weighted by atomic mass is 16.3. The Labute approximate surface area is 165 Å². The Hall–Kier alpha value is -1.73. The van der Waals surface area contributed by atoms with Crippen molar-refractivity contribution < 1.29 is 15.0 Å². The summed E-state index contributed by atoms with van der Waals surface area (Å²) in [4.78, 5) is 22.1. The minimum atomic E-state index is -0.488. The van der Waals surface area contributed by atoms with E-state index >= 15 is 0 Å². The summed E-state index contributed by atoms with van der Waals surface area (Å²) in [6.07, 6.45) is 9.76. The average molecular weight is 386 g/mol. The number of aliphatic hydroxyl groups is 2. The molecule has 28 heavy (non-hydrogen) atoms. The first-order valence-electron chi connectivity index (χ1n) is 10.8. The zero-order valence-corrected chi connectivity index (χ0v) is 16.2. The molecule has 1 aromatic rings. The fourth-order valence-electron chi connectivity index (χ4n) is 6.26. The lowest BCUT2D eigenvalue weighted by molar-refractivity contribution is -0.136. The van der Waals surface area contributed by atoms with Gasteiger partial charge >= 0.3 is 0 Å². The fourth-order valence-corrected chi connectivity index (χ4v) is 6.26. The van der Waals surface area contributed by atoms with Crippen molar-refractivity contribution in [3.63, 3.8) is 0 Å². The second kappa shape index (κ2) is 6.95. The largest absolute Gasteiger partial charge is 0.395 e. The van der Waals surface area contributed by atoms with Gasteiger partial charge in [-0.2, -0.15) is 0 Å². The zero-order chi connectivity index (χ0) is 19.3. The zero-order valence-electron chi connectivity index (χ0n) is 16.2. The van der Waals surface area contributed by atoms with Crippen molar-refractivity contribution in [1.29, 1.82) is 0 Å². The van der Waals surface area contributed by atoms with Crippen LogP contribution >= 0.6 is 0 Å². The van der Waals surface area contributed by atoms with Gasteiger partial charge in [0, 0.05) is 24.7 Å². The molecule has 3 unspecified atom stereocenters. The number of anilines is 1. The first-order chi connectivity index (χ1) is 13.5. The van der Waals surface area contributed by atoms with E-state index < -0.39 is 5.60 Å². The number of hydrogen-bond donors (Lipinski definition) is 4. The van der Waals surface area contributed by atoms with Gasteiger partial charge in [-0.3, -0.25) is 4.79 Å². The Morgan fingerprint density at radius 2 is 1.96 bits per heavy atom. The molecule has 7 nitrogen and oxygen atoms in total. The van der Waals surface area contributed by atoms with Gasteiger partial charge in [-0.1, -0.05) is 6.42 Å². The summed E-state index contributed by atoms with van der Waals surface area (Å²) in [5.74, 6) is 2.13. The SMILES string of the molecule is O=C(NC1[C@@H]2CC3C[C@H]1CC(O)(C3)C2)c1cnc(NCCO)nc1C1CCC1. The quantitative estimate of drug-likeness (QED) is 0.594. The monoisotopic (exact) mass is 386 g/mol. The van der Waals surface area contributed by atoms with E-state index in [9.17, 15) is 9.90 Å². The summed E-state index contributed by atoms with van der Waals surface area (Å²) in [7, 11) is 0. The van der Waals surface area contributed by atoms with Gasteiger partial charge in [0.1, 0.15) is 0 Å². The highest BCUT2D eigenvalue weighted by Crippen LogP contribution is 2.55. The van der Waals surface area contributed by atoms with Crippen molar-refractivity contribution >= 4 is 11.9 Å². The Bertz CT molecular complexity index is 750. The van der Waals surface area contributed by atoms with Crippen molar-refractivity contribution in [2.75, 3.05) is 18.5 Å². The number of nitrogens with zero attached hydrogens (tertiary/aromatic N) is 2. The number of rotatable bonds is 6. The smallest absolute Gasteiger partial charge is 0.254 e. The fraction of sp³-hybridized carbons (Fsp3) is 0.762. The van der Waals surface area contributed by atoms with E-state index in [1.165, 1.54) is 6.42 Å². The molecule has 5 fully saturated rings. The maximum atomic E-state index is 13.2. The van der Waals surface area contributed by atoms with E-state index in [4.69, 9.17) is 5.11 Å². The summed E-state index contributed by atoms with van der Waals surface area (Å²) in [5.41, 5.74) is 0.936. The summed E-state index contributed by atoms with van der Waals surface area (Å²) in [6, 6.07) is 0.158. The Morgan fingerprint density at radius 1 is 1.21 bits per heavy atom. The van der Waals surface area contributed by atoms with Crippen LogP contribution in [0.1, 0.15) is 73.3 Å². The number of amides is 1. The number of hydrogen-bond acceptors (Lipinski definition) is 6. The Morgan fingerprint density at radius 3 is 2.57 bits per heavy atom. The number of carbonyl (C=O) groups excluding carboxylic acids is 1. The third-order valence-corrected chi connectivity index (χ3v) is 7.49. The van der Waals surface area contributed by atoms with Crippen LogP contribution in [0.15, 0.2) is 6.20 Å². The predicted molar refractivity (Wildman–Crippen MR) is 104 cm³/mol. The van der Waals surface area contributed by atoms with Crippen LogP contribution in [-0.4, -0.2) is 50.9 Å². The van der Waals surface area contributed by atoms with Crippen molar-refractivity contribution in [3.05, 3.63) is 17.5 Å². The molecule has 0 spiro atoms. The summed E-state index contributed by atoms with van der Waals surface area (Å²) in [5, 5.41) is 26.1. The van der Waals surface area contributed by atoms with E-state index in [0.29, 0.717) is 41.7 Å². The van der Waals surface area contributed by atoms with Crippen LogP contribution in [0.2, 0.25) is 0 Å². The number of aromatic nitrogens is 2. The number of carbonyl (C=O) groups is 1. The van der Waals surface area contributed by atoms with Gasteiger partial charge < -0.3 is 20.8 Å². The normalized spacial score (nSPS) is 36.2. The third-order valence-electron chi connectivity index (χ3n) is 7.49. The number of aliphatic hydroxyl groups excluding tert-OH is 1. The molecule has 0 saturated heterocycles. The van der Waals surface area contributed by atoms with E-state index in [0.717, 1.165) is 50.6 Å². The Kier molecular flexibility index (Phi) is 4.55. The van der Waals surface area contributed by atoms with Crippen molar-refractivity contribution in [2.45, 2.75) is 68.9 Å². The van der Waals surface area contributed by atoms with Gasteiger partial charge in [0.05, 0.1) is 23.5 Å². The van der Waals surface area contributed by atoms with E-state index in [1.807, 2.05) is 0 Å². The first kappa shape index (κ1) is 18.3. The Balaban J connectivity index is 1.35. The van der Waals surface area contributed by atoms with Crippen LogP contribution in [0, 0.1) is 17.8 Å². The molecule has 0 radical (unpaired) electrons. The van der Waals surface area contributed by atoms with Crippen LogP contribution in [0.4, 0.5) is 5.95 Å². The maximum Gasteiger partial charge on any atom is 0.254 e. The molecule has 1 heterocycles. The van der Waals surface area contributed by atoms with E-state index in [-0.39, 0.29) is 18.6 Å². The molecule has 1 amide bonds. The van der Waals surface area contributed by atoms with Crippen LogP contribution in [0.5, 0.6) is 0 Å². The molecular weight excluding hydrogens is 356 g/mol. The van der Waals surface area contributed by atoms with Gasteiger partial charge in [-0.15, -0.1) is 0 Å². The molecule has 4 bridgehead atoms. The molecule has 5 aliphatic rings. The standard InChI is InChI=1S/C21H30N4O3/c26-5-4-22-20-23-11-16(18(25-20)13-2-1-3-13)19(27)24-17-14-6-12-7-15(17)10-21(28,8-12)9-14/h11-15,17,26,28H,1-10H2,(H,24,27)(H,22,23,25)/t12?,14-,15+,17?,21?. The van der Waals surface area contributed by atoms with Crippen LogP contribution in [0.3, 0.4) is 0 Å².